The van der Waals surface area contributed by atoms with E-state index in [2.05, 4.69) is 67.2 Å². The summed E-state index contributed by atoms with van der Waals surface area (Å²) in [5.41, 5.74) is -1.85. The number of carbonyl (C=O) groups is 8. The summed E-state index contributed by atoms with van der Waals surface area (Å²) in [6.45, 7) is 20.7. The Morgan fingerprint density at radius 2 is 1.44 bits per heavy atom. The number of urea groups is 1. The number of aliphatic hydroxyl groups excluding tert-OH is 3. The lowest BCUT2D eigenvalue weighted by molar-refractivity contribution is -0.167. The number of ether oxygens (including phenoxy) is 8. The van der Waals surface area contributed by atoms with Gasteiger partial charge in [0, 0.05) is 119 Å². The van der Waals surface area contributed by atoms with Gasteiger partial charge in [0.2, 0.25) is 11.8 Å². The number of methoxy groups -OCH3 is 2. The van der Waals surface area contributed by atoms with Crippen LogP contribution in [0.5, 0.6) is 0 Å². The number of aliphatic hydroxyl groups is 3. The molecule has 0 spiro atoms. The number of halogens is 3. The molecule has 20 atom stereocenters. The Balaban J connectivity index is 1.09. The second-order valence-corrected chi connectivity index (χ2v) is 34.5. The first kappa shape index (κ1) is 105. The van der Waals surface area contributed by atoms with Gasteiger partial charge in [-0.1, -0.05) is 109 Å². The van der Waals surface area contributed by atoms with Crippen LogP contribution >= 0.6 is 11.8 Å². The third kappa shape index (κ3) is 37.4. The number of nitrogens with zero attached hydrogens (tertiary/aromatic N) is 4. The maximum atomic E-state index is 13.8. The lowest BCUT2D eigenvalue weighted by Gasteiger charge is -2.35. The number of amides is 6. The average Bonchev–Trinajstić information content (AvgIpc) is 1.58. The molecule has 1 aromatic carbocycles. The smallest absolute Gasteiger partial charge is 0.442 e. The number of allylic oxidation sites excluding steroid dienone is 3. The summed E-state index contributed by atoms with van der Waals surface area (Å²) in [5.74, 6) is -4.97. The van der Waals surface area contributed by atoms with Crippen LogP contribution in [0.4, 0.5) is 18.0 Å². The Labute approximate surface area is 723 Å². The first-order valence-corrected chi connectivity index (χ1v) is 44.5. The van der Waals surface area contributed by atoms with Gasteiger partial charge in [-0.2, -0.15) is 24.9 Å². The van der Waals surface area contributed by atoms with E-state index in [1.54, 1.807) is 52.3 Å². The van der Waals surface area contributed by atoms with Crippen molar-refractivity contribution in [3.8, 4) is 0 Å². The molecule has 6 amide bonds. The van der Waals surface area contributed by atoms with Crippen molar-refractivity contribution < 1.29 is 110 Å². The average molecular weight is 1750 g/mol. The Morgan fingerprint density at radius 1 is 0.779 bits per heavy atom. The third-order valence-corrected chi connectivity index (χ3v) is 24.8. The fourth-order valence-electron chi connectivity index (χ4n) is 14.9. The van der Waals surface area contributed by atoms with Crippen molar-refractivity contribution in [1.82, 2.24) is 36.8 Å². The van der Waals surface area contributed by atoms with Crippen molar-refractivity contribution in [3.05, 3.63) is 83.5 Å². The van der Waals surface area contributed by atoms with Gasteiger partial charge in [0.1, 0.15) is 30.4 Å². The quantitative estimate of drug-likeness (QED) is 0.00557. The van der Waals surface area contributed by atoms with Gasteiger partial charge in [-0.15, -0.1) is 10.2 Å². The molecule has 9 N–H and O–H groups in total. The number of unbranched alkanes of at least 4 members (excludes halogenated alkanes) is 2. The molecule has 2 fully saturated rings. The van der Waals surface area contributed by atoms with Crippen LogP contribution in [-0.4, -0.2) is 258 Å². The van der Waals surface area contributed by atoms with Crippen molar-refractivity contribution in [1.29, 1.82) is 0 Å². The number of oxime groups is 1. The van der Waals surface area contributed by atoms with Gasteiger partial charge in [-0.3, -0.25) is 33.7 Å². The van der Waals surface area contributed by atoms with E-state index in [-0.39, 0.29) is 118 Å². The lowest BCUT2D eigenvalue weighted by Crippen LogP contribution is -2.47. The fourth-order valence-corrected chi connectivity index (χ4v) is 16.5. The largest absolute Gasteiger partial charge is 0.462 e. The molecule has 0 aliphatic carbocycles. The molecular formula is C88H141F3N10O20S. The van der Waals surface area contributed by atoms with Crippen molar-refractivity contribution >= 4 is 65.5 Å². The highest BCUT2D eigenvalue weighted by molar-refractivity contribution is 8.00. The van der Waals surface area contributed by atoms with Crippen LogP contribution in [0.1, 0.15) is 201 Å². The number of alkyl halides is 3. The molecule has 0 aromatic heterocycles. The molecule has 4 aliphatic rings. The van der Waals surface area contributed by atoms with E-state index in [1.165, 1.54) is 37.4 Å². The summed E-state index contributed by atoms with van der Waals surface area (Å²) in [7, 11) is 6.83. The second kappa shape index (κ2) is 55.8. The molecule has 690 valence electrons. The van der Waals surface area contributed by atoms with Crippen LogP contribution in [0.15, 0.2) is 87.8 Å². The number of hydrogen-bond donors (Lipinski definition) is 9. The van der Waals surface area contributed by atoms with Gasteiger partial charge in [0.15, 0.2) is 6.61 Å². The number of esters is 3. The number of thioether (sulfide) groups is 1. The number of nitrogens with one attached hydrogen (secondary N) is 6. The first-order valence-electron chi connectivity index (χ1n) is 43.4. The first-order chi connectivity index (χ1) is 58.1. The standard InChI is InChI=1S/C88H141F3N10O20S/c1-56-32-33-57(2)72(114-14)40-34-58(3)80(107)61(6)71(103)27-16-15-17-31-78(106)120-73(28-22-25-68(53-56)113-13)62(7)81(108)59(4)35-41-74(121-85(111)64(9)101(11)12)63(8)82(119-65(10)102)60(5)42-46-95-118-54-77(105)93-43-21-20-26-69(96-83(109)66-36-38-67(39-37-66)87(99-100-87)88(89,90)91)84(110)94-45-24-48-116-50-52-117-51-49-115-47-23-44-92-76(104)30-19-18-29-75-79-70(55-122-75)97-86(112)98-79/h15-17,22,25,31,33,36-39,46,56,58-64,68-75,79-82,103,107-108H,18-21,23-24,26-30,32,34-35,40-45,47-55H2,1-14H3,(H,92,104)(H,93,105)(H,94,110)(H,96,109)(H2,97,98,112)/b16-15+,25-22+,31-17+,57-33+,95-46+/t56-,58-,59+,60-,61-,62-,63+,64?,68+,69+,70+,71-,72+,73+,74-,75+,79+,80-,81+,82-/m1/s1. The Bertz CT molecular complexity index is 3520. The number of fused-ring (bicyclic) bond motifs is 1. The molecule has 5 rings (SSSR count). The number of likely N-dealkylation sites (N-methyl/N-ethyl adjacent to an activating group) is 1. The molecule has 1 unspecified atom stereocenters. The van der Waals surface area contributed by atoms with E-state index in [9.17, 15) is 66.8 Å². The van der Waals surface area contributed by atoms with Crippen molar-refractivity contribution in [2.45, 2.75) is 275 Å². The molecule has 0 bridgehead atoms. The van der Waals surface area contributed by atoms with E-state index in [1.807, 2.05) is 65.5 Å². The van der Waals surface area contributed by atoms with Crippen molar-refractivity contribution in [2.24, 2.45) is 56.8 Å². The normalized spacial score (nSPS) is 25.8. The van der Waals surface area contributed by atoms with Crippen LogP contribution in [0.2, 0.25) is 0 Å². The van der Waals surface area contributed by atoms with Gasteiger partial charge < -0.3 is 90.0 Å². The number of carbonyl (C=O) groups excluding carboxylic acids is 8. The molecule has 34 heteroatoms. The van der Waals surface area contributed by atoms with E-state index in [0.29, 0.717) is 96.0 Å². The van der Waals surface area contributed by atoms with Crippen molar-refractivity contribution in [2.75, 3.05) is 100.0 Å². The molecule has 0 saturated carbocycles. The van der Waals surface area contributed by atoms with E-state index in [4.69, 9.17) is 42.7 Å². The van der Waals surface area contributed by atoms with E-state index in [0.717, 1.165) is 49.1 Å². The summed E-state index contributed by atoms with van der Waals surface area (Å²) in [6, 6.07) is 3.14. The highest BCUT2D eigenvalue weighted by atomic mass is 32.2. The maximum absolute atomic E-state index is 13.8. The number of cyclic esters (lactones) is 1. The van der Waals surface area contributed by atoms with E-state index >= 15 is 0 Å². The second-order valence-electron chi connectivity index (χ2n) is 33.3. The van der Waals surface area contributed by atoms with Gasteiger partial charge >= 0.3 is 35.8 Å². The predicted octanol–water partition coefficient (Wildman–Crippen LogP) is 10.5. The molecule has 2 saturated heterocycles. The number of rotatable bonds is 48. The minimum absolute atomic E-state index is 0.00332. The Morgan fingerprint density at radius 3 is 2.09 bits per heavy atom. The molecule has 1 aromatic rings. The van der Waals surface area contributed by atoms with Crippen LogP contribution in [0.3, 0.4) is 0 Å². The minimum atomic E-state index is -4.77. The molecule has 4 heterocycles. The third-order valence-electron chi connectivity index (χ3n) is 23.3. The van der Waals surface area contributed by atoms with Gasteiger partial charge in [-0.25, -0.2) is 9.59 Å². The van der Waals surface area contributed by atoms with Gasteiger partial charge in [-0.05, 0) is 166 Å². The molecular weight excluding hydrogens is 1610 g/mol. The summed E-state index contributed by atoms with van der Waals surface area (Å²) in [5, 5.41) is 62.4. The van der Waals surface area contributed by atoms with E-state index < -0.39 is 132 Å². The van der Waals surface area contributed by atoms with Crippen LogP contribution < -0.4 is 31.9 Å². The highest BCUT2D eigenvalue weighted by Gasteiger charge is 2.65. The summed E-state index contributed by atoms with van der Waals surface area (Å²) >= 11 is 1.86. The highest BCUT2D eigenvalue weighted by Crippen LogP contribution is 2.52. The number of benzene rings is 1. The fraction of sp³-hybridized carbons (Fsp3) is 0.739. The minimum Gasteiger partial charge on any atom is -0.462 e. The van der Waals surface area contributed by atoms with Crippen molar-refractivity contribution in [3.63, 3.8) is 0 Å². The van der Waals surface area contributed by atoms with Crippen LogP contribution in [-0.2, 0) is 77.2 Å². The zero-order valence-corrected chi connectivity index (χ0v) is 74.9. The SMILES string of the molecule is CO[C@H]1CC[C@@H](C)[C@@H](O)[C@H](C)[C@H](O)C/C=C/C=C/C(=O)O[C@H]([C@@H](C)[C@@H](O)[C@@H](C)CC[C@@H](OC(=O)C(C)N(C)C)[C@H](C)[C@H](OC(C)=O)[C@H](C)C/C=N/OCC(=O)NCCCC[C@H](NC(=O)c2ccc(C3(C(F)(F)F)N=N3)cc2)C(=O)NCCCOCCOCCOCCCNC(=O)CCCC[C@@H]2SC[C@@H]3NC(=O)N[C@@H]32)C/C=C/[C@H](OC)C[C@H](C)C/C=C/1C. The Kier molecular flexibility index (Phi) is 48.1. The van der Waals surface area contributed by atoms with Crippen LogP contribution in [0.25, 0.3) is 0 Å². The van der Waals surface area contributed by atoms with Crippen LogP contribution in [0, 0.1) is 41.4 Å². The summed E-state index contributed by atoms with van der Waals surface area (Å²) in [6.07, 6.45) is 12.5. The zero-order valence-electron chi connectivity index (χ0n) is 74.1. The topological polar surface area (TPSA) is 393 Å². The molecule has 4 aliphatic heterocycles. The zero-order chi connectivity index (χ0) is 89.9. The Hall–Kier alpha value is -7.41. The molecule has 122 heavy (non-hydrogen) atoms. The monoisotopic (exact) mass is 1750 g/mol. The van der Waals surface area contributed by atoms with Gasteiger partial charge in [0.25, 0.3) is 11.8 Å². The molecule has 0 radical (unpaired) electrons. The van der Waals surface area contributed by atoms with Gasteiger partial charge in [0.05, 0.1) is 69.0 Å². The predicted molar refractivity (Wildman–Crippen MR) is 458 cm³/mol. The summed E-state index contributed by atoms with van der Waals surface area (Å²) < 4.78 is 88.3. The lowest BCUT2D eigenvalue weighted by atomic mass is 9.82. The summed E-state index contributed by atoms with van der Waals surface area (Å²) in [4.78, 5) is 111. The number of hydrogen-bond acceptors (Lipinski definition) is 25. The maximum Gasteiger partial charge on any atom is 0.442 e. The molecule has 30 nitrogen and oxygen atoms in total.